The van der Waals surface area contributed by atoms with Crippen molar-refractivity contribution in [2.45, 2.75) is 19.4 Å². The predicted molar refractivity (Wildman–Crippen MR) is 119 cm³/mol. The van der Waals surface area contributed by atoms with Gasteiger partial charge in [0.25, 0.3) is 11.8 Å². The summed E-state index contributed by atoms with van der Waals surface area (Å²) < 4.78 is 5.72. The predicted octanol–water partition coefficient (Wildman–Crippen LogP) is 2.45. The van der Waals surface area contributed by atoms with E-state index in [1.807, 2.05) is 37.3 Å². The van der Waals surface area contributed by atoms with Gasteiger partial charge in [-0.3, -0.25) is 14.7 Å². The maximum absolute atomic E-state index is 12.7. The fraction of sp³-hybridized carbons (Fsp3) is 0.167. The Labute approximate surface area is 185 Å². The van der Waals surface area contributed by atoms with Crippen molar-refractivity contribution in [3.8, 4) is 17.6 Å². The molecule has 0 bridgehead atoms. The number of anilines is 1. The van der Waals surface area contributed by atoms with Gasteiger partial charge in [0.05, 0.1) is 5.69 Å². The van der Waals surface area contributed by atoms with Crippen LogP contribution in [-0.2, 0) is 11.2 Å². The highest BCUT2D eigenvalue weighted by Crippen LogP contribution is 2.28. The highest BCUT2D eigenvalue weighted by Gasteiger charge is 2.28. The zero-order valence-corrected chi connectivity index (χ0v) is 17.4. The monoisotopic (exact) mass is 427 g/mol. The van der Waals surface area contributed by atoms with E-state index in [-0.39, 0.29) is 12.4 Å². The molecule has 1 aromatic heterocycles. The maximum atomic E-state index is 12.7. The number of H-pyrrole nitrogens is 1. The number of nitrogens with one attached hydrogen (secondary N) is 3. The van der Waals surface area contributed by atoms with Crippen LogP contribution in [0.25, 0.3) is 0 Å². The number of fused-ring (bicyclic) bond motifs is 1. The van der Waals surface area contributed by atoms with Crippen LogP contribution in [0.2, 0.25) is 0 Å². The lowest BCUT2D eigenvalue weighted by Gasteiger charge is -2.13. The Kier molecular flexibility index (Phi) is 5.99. The molecule has 2 aromatic carbocycles. The smallest absolute Gasteiger partial charge is 0.291 e. The first-order valence-corrected chi connectivity index (χ1v) is 9.99. The number of amides is 2. The zero-order chi connectivity index (χ0) is 22.5. The van der Waals surface area contributed by atoms with E-state index in [2.05, 4.69) is 44.2 Å². The topological polar surface area (TPSA) is 109 Å². The highest BCUT2D eigenvalue weighted by molar-refractivity contribution is 6.01. The Morgan fingerprint density at radius 1 is 1.28 bits per heavy atom. The highest BCUT2D eigenvalue weighted by atomic mass is 16.5. The number of rotatable bonds is 4. The first kappa shape index (κ1) is 20.9. The molecular weight excluding hydrogens is 406 g/mol. The second kappa shape index (κ2) is 9.18. The summed E-state index contributed by atoms with van der Waals surface area (Å²) in [5, 5.41) is 12.1. The number of carbonyl (C=O) groups is 2. The van der Waals surface area contributed by atoms with E-state index >= 15 is 0 Å². The van der Waals surface area contributed by atoms with Crippen LogP contribution in [0.3, 0.4) is 0 Å². The minimum Gasteiger partial charge on any atom is -0.489 e. The van der Waals surface area contributed by atoms with Crippen molar-refractivity contribution in [2.24, 2.45) is 0 Å². The van der Waals surface area contributed by atoms with Gasteiger partial charge in [-0.2, -0.15) is 0 Å². The third kappa shape index (κ3) is 5.02. The van der Waals surface area contributed by atoms with Crippen LogP contribution in [-0.4, -0.2) is 39.6 Å². The van der Waals surface area contributed by atoms with Crippen molar-refractivity contribution in [3.63, 3.8) is 0 Å². The summed E-state index contributed by atoms with van der Waals surface area (Å²) in [6, 6.07) is 14.0. The third-order valence-corrected chi connectivity index (χ3v) is 4.63. The number of aromatic amines is 1. The fourth-order valence-electron chi connectivity index (χ4n) is 3.07. The second-order valence-corrected chi connectivity index (χ2v) is 7.34. The van der Waals surface area contributed by atoms with Gasteiger partial charge in [0.15, 0.2) is 0 Å². The molecule has 4 rings (SSSR count). The Morgan fingerprint density at radius 2 is 2.09 bits per heavy atom. The molecule has 8 nitrogen and oxygen atoms in total. The Balaban J connectivity index is 1.42. The third-order valence-electron chi connectivity index (χ3n) is 4.63. The summed E-state index contributed by atoms with van der Waals surface area (Å²) in [6.07, 6.45) is 0.514. The van der Waals surface area contributed by atoms with Crippen LogP contribution in [0.5, 0.6) is 5.75 Å². The van der Waals surface area contributed by atoms with E-state index in [4.69, 9.17) is 4.74 Å². The van der Waals surface area contributed by atoms with Crippen LogP contribution in [0, 0.1) is 11.8 Å². The Hall–Kier alpha value is -4.38. The van der Waals surface area contributed by atoms with Gasteiger partial charge in [0.2, 0.25) is 5.82 Å². The minimum atomic E-state index is -0.907. The molecule has 3 N–H and O–H groups in total. The summed E-state index contributed by atoms with van der Waals surface area (Å²) in [4.78, 5) is 29.5. The summed E-state index contributed by atoms with van der Waals surface area (Å²) >= 11 is 0. The second-order valence-electron chi connectivity index (χ2n) is 7.34. The van der Waals surface area contributed by atoms with Crippen molar-refractivity contribution >= 4 is 17.5 Å². The summed E-state index contributed by atoms with van der Waals surface area (Å²) in [5.41, 5.74) is 2.98. The van der Waals surface area contributed by atoms with Crippen LogP contribution in [0.4, 0.5) is 5.69 Å². The van der Waals surface area contributed by atoms with E-state index in [0.717, 1.165) is 11.1 Å². The van der Waals surface area contributed by atoms with Gasteiger partial charge in [-0.05, 0) is 36.3 Å². The SMILES string of the molecule is C=C(C)C#Cc1ccc2c(c1)NC(=O)[C@H](NC(=O)c1n[nH]c(Cc3ccccc3)n1)CO2. The Morgan fingerprint density at radius 3 is 2.88 bits per heavy atom. The average Bonchev–Trinajstić information content (AvgIpc) is 3.19. The summed E-state index contributed by atoms with van der Waals surface area (Å²) in [5.74, 6) is 5.91. The van der Waals surface area contributed by atoms with Crippen molar-refractivity contribution in [1.29, 1.82) is 0 Å². The van der Waals surface area contributed by atoms with Gasteiger partial charge in [-0.25, -0.2) is 4.98 Å². The molecule has 0 unspecified atom stereocenters. The molecule has 1 aliphatic heterocycles. The number of nitrogens with zero attached hydrogens (tertiary/aromatic N) is 2. The molecule has 0 radical (unpaired) electrons. The van der Waals surface area contributed by atoms with Crippen molar-refractivity contribution in [1.82, 2.24) is 20.5 Å². The molecule has 2 heterocycles. The van der Waals surface area contributed by atoms with E-state index in [1.54, 1.807) is 18.2 Å². The maximum Gasteiger partial charge on any atom is 0.291 e. The molecule has 3 aromatic rings. The number of benzene rings is 2. The number of hydrogen-bond donors (Lipinski definition) is 3. The summed E-state index contributed by atoms with van der Waals surface area (Å²) in [6.45, 7) is 5.54. The van der Waals surface area contributed by atoms with E-state index in [1.165, 1.54) is 0 Å². The lowest BCUT2D eigenvalue weighted by Crippen LogP contribution is -2.46. The molecule has 0 fully saturated rings. The molecule has 0 aliphatic carbocycles. The number of allylic oxidation sites excluding steroid dienone is 1. The summed E-state index contributed by atoms with van der Waals surface area (Å²) in [7, 11) is 0. The fourth-order valence-corrected chi connectivity index (χ4v) is 3.07. The first-order valence-electron chi connectivity index (χ1n) is 9.99. The first-order chi connectivity index (χ1) is 15.5. The largest absolute Gasteiger partial charge is 0.489 e. The molecular formula is C24H21N5O3. The van der Waals surface area contributed by atoms with Crippen LogP contribution < -0.4 is 15.4 Å². The normalized spacial score (nSPS) is 14.7. The molecule has 0 saturated carbocycles. The molecule has 1 atom stereocenters. The van der Waals surface area contributed by atoms with Gasteiger partial charge >= 0.3 is 0 Å². The number of aromatic nitrogens is 3. The van der Waals surface area contributed by atoms with Gasteiger partial charge in [0.1, 0.15) is 24.2 Å². The molecule has 0 saturated heterocycles. The van der Waals surface area contributed by atoms with E-state index < -0.39 is 17.9 Å². The van der Waals surface area contributed by atoms with Gasteiger partial charge in [-0.15, -0.1) is 5.10 Å². The van der Waals surface area contributed by atoms with E-state index in [9.17, 15) is 9.59 Å². The molecule has 0 spiro atoms. The Bertz CT molecular complexity index is 1240. The van der Waals surface area contributed by atoms with Gasteiger partial charge < -0.3 is 15.4 Å². The van der Waals surface area contributed by atoms with Crippen molar-refractivity contribution in [3.05, 3.63) is 83.5 Å². The van der Waals surface area contributed by atoms with Crippen molar-refractivity contribution in [2.75, 3.05) is 11.9 Å². The lowest BCUT2D eigenvalue weighted by molar-refractivity contribution is -0.118. The molecule has 8 heteroatoms. The standard InChI is InChI=1S/C24H21N5O3/c1-15(2)8-9-17-10-11-20-18(12-17)25-23(30)19(14-32-20)26-24(31)22-27-21(28-29-22)13-16-6-4-3-5-7-16/h3-7,10-12,19H,1,13-14H2,2H3,(H,25,30)(H,26,31)(H,27,28,29)/t19-/m1/s1. The van der Waals surface area contributed by atoms with Crippen molar-refractivity contribution < 1.29 is 14.3 Å². The van der Waals surface area contributed by atoms with Crippen LogP contribution >= 0.6 is 0 Å². The minimum absolute atomic E-state index is 0.0251. The quantitative estimate of drug-likeness (QED) is 0.554. The molecule has 32 heavy (non-hydrogen) atoms. The van der Waals surface area contributed by atoms with E-state index in [0.29, 0.717) is 29.2 Å². The zero-order valence-electron chi connectivity index (χ0n) is 17.4. The lowest BCUT2D eigenvalue weighted by atomic mass is 10.1. The van der Waals surface area contributed by atoms with Gasteiger partial charge in [-0.1, -0.05) is 48.8 Å². The van der Waals surface area contributed by atoms with Crippen LogP contribution in [0.15, 0.2) is 60.7 Å². The average molecular weight is 427 g/mol. The number of hydrogen-bond acceptors (Lipinski definition) is 5. The number of ether oxygens (including phenoxy) is 1. The molecule has 160 valence electrons. The van der Waals surface area contributed by atoms with Gasteiger partial charge in [0, 0.05) is 12.0 Å². The molecule has 2 amide bonds. The molecule has 1 aliphatic rings. The number of carbonyl (C=O) groups excluding carboxylic acids is 2. The van der Waals surface area contributed by atoms with Crippen LogP contribution in [0.1, 0.15) is 34.5 Å².